The van der Waals surface area contributed by atoms with Crippen molar-refractivity contribution < 1.29 is 0 Å². The zero-order valence-electron chi connectivity index (χ0n) is 8.86. The van der Waals surface area contributed by atoms with Gasteiger partial charge in [0, 0.05) is 0 Å². The zero-order valence-corrected chi connectivity index (χ0v) is 8.86. The van der Waals surface area contributed by atoms with Crippen LogP contribution in [0.5, 0.6) is 0 Å². The van der Waals surface area contributed by atoms with Gasteiger partial charge < -0.3 is 0 Å². The summed E-state index contributed by atoms with van der Waals surface area (Å²) in [6.45, 7) is 0. The maximum Gasteiger partial charge on any atom is -0.0313 e. The first-order chi connectivity index (χ1) is 7.00. The average Bonchev–Trinajstić information content (AvgIpc) is 2.22. The highest BCUT2D eigenvalue weighted by atomic mass is 13.9. The molecule has 0 aromatic heterocycles. The summed E-state index contributed by atoms with van der Waals surface area (Å²) in [6, 6.07) is 0. The third-order valence-electron chi connectivity index (χ3n) is 2.22. The lowest BCUT2D eigenvalue weighted by Crippen LogP contribution is -1.70. The molecule has 0 atom stereocenters. The van der Waals surface area contributed by atoms with Crippen molar-refractivity contribution >= 4 is 0 Å². The summed E-state index contributed by atoms with van der Waals surface area (Å²) in [5.41, 5.74) is 0. The van der Waals surface area contributed by atoms with Gasteiger partial charge in [0.1, 0.15) is 0 Å². The van der Waals surface area contributed by atoms with E-state index >= 15 is 0 Å². The van der Waals surface area contributed by atoms with Crippen LogP contribution in [0.2, 0.25) is 0 Å². The van der Waals surface area contributed by atoms with E-state index in [1.807, 2.05) is 0 Å². The fourth-order valence-corrected chi connectivity index (χ4v) is 1.40. The van der Waals surface area contributed by atoms with Crippen LogP contribution >= 0.6 is 0 Å². The molecule has 0 unspecified atom stereocenters. The molecule has 0 heteroatoms. The van der Waals surface area contributed by atoms with Gasteiger partial charge in [0.25, 0.3) is 0 Å². The lowest BCUT2D eigenvalue weighted by Gasteiger charge is -1.90. The summed E-state index contributed by atoms with van der Waals surface area (Å²) in [6.07, 6.45) is 25.0. The molecule has 0 heterocycles. The van der Waals surface area contributed by atoms with Crippen molar-refractivity contribution in [3.8, 4) is 0 Å². The van der Waals surface area contributed by atoms with Crippen LogP contribution in [0.1, 0.15) is 38.5 Å². The monoisotopic (exact) mass is 188 g/mol. The van der Waals surface area contributed by atoms with Gasteiger partial charge in [-0.25, -0.2) is 0 Å². The summed E-state index contributed by atoms with van der Waals surface area (Å²) in [7, 11) is 0. The number of hydrogen-bond donors (Lipinski definition) is 0. The van der Waals surface area contributed by atoms with Gasteiger partial charge >= 0.3 is 0 Å². The van der Waals surface area contributed by atoms with Gasteiger partial charge in [-0.2, -0.15) is 0 Å². The van der Waals surface area contributed by atoms with Crippen molar-refractivity contribution in [2.75, 3.05) is 0 Å². The van der Waals surface area contributed by atoms with Gasteiger partial charge in [0.2, 0.25) is 0 Å². The molecule has 0 aliphatic heterocycles. The van der Waals surface area contributed by atoms with E-state index in [2.05, 4.69) is 48.6 Å². The predicted octanol–water partition coefficient (Wildman–Crippen LogP) is 4.57. The second kappa shape index (κ2) is 8.55. The van der Waals surface area contributed by atoms with E-state index in [0.29, 0.717) is 0 Å². The second-order valence-corrected chi connectivity index (χ2v) is 3.53. The van der Waals surface area contributed by atoms with Gasteiger partial charge in [-0.05, 0) is 38.5 Å². The minimum atomic E-state index is 1.16. The van der Waals surface area contributed by atoms with E-state index in [1.54, 1.807) is 0 Å². The molecule has 0 saturated carbocycles. The van der Waals surface area contributed by atoms with E-state index < -0.39 is 0 Å². The number of allylic oxidation sites excluding steroid dienone is 8. The molecule has 1 aliphatic carbocycles. The SMILES string of the molecule is C1=CCC/C=C/CC/C=C/CCC=C1. The topological polar surface area (TPSA) is 0 Å². The van der Waals surface area contributed by atoms with Crippen LogP contribution in [0, 0.1) is 0 Å². The number of rotatable bonds is 0. The van der Waals surface area contributed by atoms with Crippen molar-refractivity contribution in [2.24, 2.45) is 0 Å². The molecule has 0 nitrogen and oxygen atoms in total. The van der Waals surface area contributed by atoms with Gasteiger partial charge in [0.15, 0.2) is 0 Å². The van der Waals surface area contributed by atoms with E-state index in [-0.39, 0.29) is 0 Å². The average molecular weight is 188 g/mol. The summed E-state index contributed by atoms with van der Waals surface area (Å²) >= 11 is 0. The van der Waals surface area contributed by atoms with E-state index in [4.69, 9.17) is 0 Å². The third-order valence-corrected chi connectivity index (χ3v) is 2.22. The van der Waals surface area contributed by atoms with Crippen LogP contribution in [0.25, 0.3) is 0 Å². The summed E-state index contributed by atoms with van der Waals surface area (Å²) < 4.78 is 0. The largest absolute Gasteiger partial charge is 0.0882 e. The second-order valence-electron chi connectivity index (χ2n) is 3.53. The van der Waals surface area contributed by atoms with E-state index in [9.17, 15) is 0 Å². The molecule has 76 valence electrons. The molecule has 14 heavy (non-hydrogen) atoms. The summed E-state index contributed by atoms with van der Waals surface area (Å²) in [5, 5.41) is 0. The molecule has 0 amide bonds. The summed E-state index contributed by atoms with van der Waals surface area (Å²) in [4.78, 5) is 0. The smallest absolute Gasteiger partial charge is 0.0313 e. The van der Waals surface area contributed by atoms with Gasteiger partial charge in [-0.3, -0.25) is 0 Å². The Labute approximate surface area is 87.7 Å². The molecule has 1 aliphatic rings. The van der Waals surface area contributed by atoms with Crippen molar-refractivity contribution in [3.63, 3.8) is 0 Å². The molecular weight excluding hydrogens is 168 g/mol. The lowest BCUT2D eigenvalue weighted by atomic mass is 10.2. The van der Waals surface area contributed by atoms with Crippen molar-refractivity contribution in [1.82, 2.24) is 0 Å². The Morgan fingerprint density at radius 1 is 0.357 bits per heavy atom. The maximum absolute atomic E-state index is 2.29. The molecule has 0 spiro atoms. The number of hydrogen-bond acceptors (Lipinski definition) is 0. The van der Waals surface area contributed by atoms with Crippen LogP contribution in [-0.4, -0.2) is 0 Å². The highest BCUT2D eigenvalue weighted by Crippen LogP contribution is 2.01. The van der Waals surface area contributed by atoms with Gasteiger partial charge in [-0.1, -0.05) is 48.6 Å². The van der Waals surface area contributed by atoms with Crippen LogP contribution < -0.4 is 0 Å². The molecule has 0 fully saturated rings. The highest BCUT2D eigenvalue weighted by molar-refractivity contribution is 5.04. The lowest BCUT2D eigenvalue weighted by molar-refractivity contribution is 0.983. The maximum atomic E-state index is 2.29. The quantitative estimate of drug-likeness (QED) is 0.489. The Balaban J connectivity index is 2.34. The molecule has 1 rings (SSSR count). The van der Waals surface area contributed by atoms with E-state index in [0.717, 1.165) is 12.8 Å². The Morgan fingerprint density at radius 3 is 1.00 bits per heavy atom. The molecule has 0 bridgehead atoms. The normalized spacial score (nSPS) is 24.0. The predicted molar refractivity (Wildman–Crippen MR) is 64.3 cm³/mol. The first kappa shape index (κ1) is 11.0. The van der Waals surface area contributed by atoms with E-state index in [1.165, 1.54) is 25.7 Å². The molecule has 0 radical (unpaired) electrons. The Bertz CT molecular complexity index is 202. The molecule has 0 N–H and O–H groups in total. The standard InChI is InChI=1S/C14H20/c1-2-4-6-8-10-12-14-13-11-9-7-5-3-1/h1-4,9-12H,5-8,13-14H2/b3-1?,4-2?,11-9+,12-10+. The molecule has 0 saturated heterocycles. The fraction of sp³-hybridized carbons (Fsp3) is 0.429. The minimum Gasteiger partial charge on any atom is -0.0882 e. The molecular formula is C14H20. The summed E-state index contributed by atoms with van der Waals surface area (Å²) in [5.74, 6) is 0. The van der Waals surface area contributed by atoms with Crippen molar-refractivity contribution in [3.05, 3.63) is 48.6 Å². The van der Waals surface area contributed by atoms with Crippen LogP contribution in [0.15, 0.2) is 48.6 Å². The Hall–Kier alpha value is -1.04. The Kier molecular flexibility index (Phi) is 6.74. The van der Waals surface area contributed by atoms with Crippen LogP contribution in [-0.2, 0) is 0 Å². The fourth-order valence-electron chi connectivity index (χ4n) is 1.40. The third kappa shape index (κ3) is 6.47. The highest BCUT2D eigenvalue weighted by Gasteiger charge is 1.80. The van der Waals surface area contributed by atoms with Crippen LogP contribution in [0.4, 0.5) is 0 Å². The van der Waals surface area contributed by atoms with Crippen molar-refractivity contribution in [1.29, 1.82) is 0 Å². The first-order valence-electron chi connectivity index (χ1n) is 5.62. The molecule has 0 aromatic carbocycles. The van der Waals surface area contributed by atoms with Gasteiger partial charge in [-0.15, -0.1) is 0 Å². The first-order valence-corrected chi connectivity index (χ1v) is 5.62. The minimum absolute atomic E-state index is 1.16. The Morgan fingerprint density at radius 2 is 0.643 bits per heavy atom. The van der Waals surface area contributed by atoms with Crippen molar-refractivity contribution in [2.45, 2.75) is 38.5 Å². The van der Waals surface area contributed by atoms with Crippen LogP contribution in [0.3, 0.4) is 0 Å². The molecule has 0 aromatic rings. The zero-order chi connectivity index (χ0) is 9.90. The van der Waals surface area contributed by atoms with Gasteiger partial charge in [0.05, 0.1) is 0 Å².